The monoisotopic (exact) mass is 248 g/mol. The maximum atomic E-state index is 12.2. The summed E-state index contributed by atoms with van der Waals surface area (Å²) < 4.78 is 5.56. The van der Waals surface area contributed by atoms with Crippen LogP contribution in [0.2, 0.25) is 0 Å². The van der Waals surface area contributed by atoms with Crippen LogP contribution in [0.5, 0.6) is 0 Å². The van der Waals surface area contributed by atoms with E-state index in [4.69, 9.17) is 4.74 Å². The summed E-state index contributed by atoms with van der Waals surface area (Å²) in [5.74, 6) is 0.573. The molecule has 0 saturated carbocycles. The van der Waals surface area contributed by atoms with E-state index in [1.165, 1.54) is 0 Å². The van der Waals surface area contributed by atoms with E-state index >= 15 is 0 Å². The number of nitrogens with zero attached hydrogens (tertiary/aromatic N) is 3. The van der Waals surface area contributed by atoms with Crippen molar-refractivity contribution >= 4 is 11.9 Å². The molecule has 6 nitrogen and oxygen atoms in total. The summed E-state index contributed by atoms with van der Waals surface area (Å²) in [5.41, 5.74) is 1.42. The summed E-state index contributed by atoms with van der Waals surface area (Å²) in [6, 6.07) is 0. The molecule has 1 amide bonds. The van der Waals surface area contributed by atoms with Crippen LogP contribution in [0.3, 0.4) is 0 Å². The number of carbonyl (C=O) groups excluding carboxylic acids is 1. The van der Waals surface area contributed by atoms with Crippen LogP contribution < -0.4 is 5.32 Å². The van der Waals surface area contributed by atoms with Gasteiger partial charge in [-0.2, -0.15) is 0 Å². The summed E-state index contributed by atoms with van der Waals surface area (Å²) in [6.07, 6.45) is 3.91. The van der Waals surface area contributed by atoms with E-state index in [-0.39, 0.29) is 12.0 Å². The molecule has 1 unspecified atom stereocenters. The van der Waals surface area contributed by atoms with Crippen molar-refractivity contribution in [2.45, 2.75) is 25.5 Å². The van der Waals surface area contributed by atoms with Gasteiger partial charge in [0.15, 0.2) is 0 Å². The van der Waals surface area contributed by atoms with Crippen molar-refractivity contribution in [3.05, 3.63) is 17.5 Å². The van der Waals surface area contributed by atoms with Gasteiger partial charge < -0.3 is 15.0 Å². The standard InChI is InChI=1S/C12H16N4O2/c1-13-12-14-5-9-10(15-12)7-16(11(9)17)6-8-3-2-4-18-8/h5,8H,2-4,6-7H2,1H3,(H,13,14,15). The fraction of sp³-hybridized carbons (Fsp3) is 0.583. The van der Waals surface area contributed by atoms with Gasteiger partial charge in [0.05, 0.1) is 23.9 Å². The van der Waals surface area contributed by atoms with E-state index in [0.29, 0.717) is 24.6 Å². The maximum Gasteiger partial charge on any atom is 0.257 e. The Morgan fingerprint density at radius 2 is 2.50 bits per heavy atom. The summed E-state index contributed by atoms with van der Waals surface area (Å²) in [7, 11) is 1.77. The average Bonchev–Trinajstić information content (AvgIpc) is 2.99. The lowest BCUT2D eigenvalue weighted by Gasteiger charge is -2.19. The number of aromatic nitrogens is 2. The number of hydrogen-bond acceptors (Lipinski definition) is 5. The van der Waals surface area contributed by atoms with Crippen molar-refractivity contribution < 1.29 is 9.53 Å². The SMILES string of the molecule is CNc1ncc2c(n1)CN(CC1CCCO1)C2=O. The Morgan fingerprint density at radius 3 is 3.22 bits per heavy atom. The van der Waals surface area contributed by atoms with E-state index in [0.717, 1.165) is 25.1 Å². The lowest BCUT2D eigenvalue weighted by molar-refractivity contribution is 0.0544. The highest BCUT2D eigenvalue weighted by molar-refractivity contribution is 5.97. The number of nitrogens with one attached hydrogen (secondary N) is 1. The second-order valence-electron chi connectivity index (χ2n) is 4.62. The van der Waals surface area contributed by atoms with Gasteiger partial charge in [-0.1, -0.05) is 0 Å². The molecule has 1 saturated heterocycles. The zero-order valence-corrected chi connectivity index (χ0v) is 10.3. The van der Waals surface area contributed by atoms with Gasteiger partial charge >= 0.3 is 0 Å². The molecule has 2 aliphatic heterocycles. The molecule has 0 aromatic carbocycles. The zero-order chi connectivity index (χ0) is 12.5. The zero-order valence-electron chi connectivity index (χ0n) is 10.3. The summed E-state index contributed by atoms with van der Waals surface area (Å²) in [5, 5.41) is 2.88. The third kappa shape index (κ3) is 1.92. The Hall–Kier alpha value is -1.69. The molecule has 1 fully saturated rings. The lowest BCUT2D eigenvalue weighted by Crippen LogP contribution is -2.32. The van der Waals surface area contributed by atoms with Crippen LogP contribution in [0, 0.1) is 0 Å². The van der Waals surface area contributed by atoms with E-state index in [1.54, 1.807) is 18.1 Å². The van der Waals surface area contributed by atoms with Gasteiger partial charge in [-0.15, -0.1) is 0 Å². The molecule has 1 atom stereocenters. The highest BCUT2D eigenvalue weighted by atomic mass is 16.5. The second kappa shape index (κ2) is 4.53. The second-order valence-corrected chi connectivity index (χ2v) is 4.62. The Bertz CT molecular complexity index is 471. The van der Waals surface area contributed by atoms with Crippen LogP contribution >= 0.6 is 0 Å². The van der Waals surface area contributed by atoms with Gasteiger partial charge in [0.1, 0.15) is 0 Å². The van der Waals surface area contributed by atoms with Gasteiger partial charge in [0.2, 0.25) is 5.95 Å². The predicted molar refractivity (Wildman–Crippen MR) is 65.3 cm³/mol. The molecule has 1 aromatic rings. The Labute approximate surface area is 105 Å². The minimum atomic E-state index is 0.0168. The van der Waals surface area contributed by atoms with Crippen molar-refractivity contribution in [1.82, 2.24) is 14.9 Å². The Kier molecular flexibility index (Phi) is 2.87. The third-order valence-electron chi connectivity index (χ3n) is 3.40. The molecule has 18 heavy (non-hydrogen) atoms. The molecule has 0 spiro atoms. The van der Waals surface area contributed by atoms with Gasteiger partial charge in [0, 0.05) is 26.4 Å². The Balaban J connectivity index is 1.75. The molecule has 3 heterocycles. The molecular weight excluding hydrogens is 232 g/mol. The molecular formula is C12H16N4O2. The number of hydrogen-bond donors (Lipinski definition) is 1. The van der Waals surface area contributed by atoms with Crippen LogP contribution in [-0.2, 0) is 11.3 Å². The molecule has 0 aliphatic carbocycles. The first-order chi connectivity index (χ1) is 8.78. The average molecular weight is 248 g/mol. The fourth-order valence-electron chi connectivity index (χ4n) is 2.44. The Morgan fingerprint density at radius 1 is 1.61 bits per heavy atom. The number of anilines is 1. The molecule has 2 aliphatic rings. The van der Waals surface area contributed by atoms with Crippen LogP contribution in [0.1, 0.15) is 28.9 Å². The van der Waals surface area contributed by atoms with E-state index in [1.807, 2.05) is 0 Å². The van der Waals surface area contributed by atoms with E-state index in [9.17, 15) is 4.79 Å². The first-order valence-corrected chi connectivity index (χ1v) is 6.22. The van der Waals surface area contributed by atoms with E-state index in [2.05, 4.69) is 15.3 Å². The maximum absolute atomic E-state index is 12.2. The van der Waals surface area contributed by atoms with Gasteiger partial charge in [0.25, 0.3) is 5.91 Å². The largest absolute Gasteiger partial charge is 0.376 e. The lowest BCUT2D eigenvalue weighted by atomic mass is 10.2. The topological polar surface area (TPSA) is 67.3 Å². The number of ether oxygens (including phenoxy) is 1. The normalized spacial score (nSPS) is 22.4. The van der Waals surface area contributed by atoms with Crippen LogP contribution in [-0.4, -0.2) is 47.1 Å². The highest BCUT2D eigenvalue weighted by Gasteiger charge is 2.31. The minimum Gasteiger partial charge on any atom is -0.376 e. The van der Waals surface area contributed by atoms with Gasteiger partial charge in [-0.25, -0.2) is 9.97 Å². The number of fused-ring (bicyclic) bond motifs is 1. The van der Waals surface area contributed by atoms with Crippen LogP contribution in [0.25, 0.3) is 0 Å². The summed E-state index contributed by atoms with van der Waals surface area (Å²) in [6.45, 7) is 2.03. The molecule has 96 valence electrons. The van der Waals surface area contributed by atoms with Crippen LogP contribution in [0.15, 0.2) is 6.20 Å². The fourth-order valence-corrected chi connectivity index (χ4v) is 2.44. The molecule has 3 rings (SSSR count). The number of amides is 1. The van der Waals surface area contributed by atoms with E-state index < -0.39 is 0 Å². The summed E-state index contributed by atoms with van der Waals surface area (Å²) in [4.78, 5) is 22.4. The first kappa shape index (κ1) is 11.4. The smallest absolute Gasteiger partial charge is 0.257 e. The molecule has 0 radical (unpaired) electrons. The molecule has 1 aromatic heterocycles. The quantitative estimate of drug-likeness (QED) is 0.850. The first-order valence-electron chi connectivity index (χ1n) is 6.22. The number of carbonyl (C=O) groups is 1. The van der Waals surface area contributed by atoms with Crippen LogP contribution in [0.4, 0.5) is 5.95 Å². The van der Waals surface area contributed by atoms with Crippen molar-refractivity contribution in [2.75, 3.05) is 25.5 Å². The molecule has 0 bridgehead atoms. The third-order valence-corrected chi connectivity index (χ3v) is 3.40. The number of rotatable bonds is 3. The van der Waals surface area contributed by atoms with Gasteiger partial charge in [-0.05, 0) is 12.8 Å². The van der Waals surface area contributed by atoms with Gasteiger partial charge in [-0.3, -0.25) is 4.79 Å². The van der Waals surface area contributed by atoms with Crippen molar-refractivity contribution in [1.29, 1.82) is 0 Å². The highest BCUT2D eigenvalue weighted by Crippen LogP contribution is 2.23. The molecule has 6 heteroatoms. The minimum absolute atomic E-state index is 0.0168. The van der Waals surface area contributed by atoms with Crippen molar-refractivity contribution in [3.8, 4) is 0 Å². The van der Waals surface area contributed by atoms with Crippen molar-refractivity contribution in [2.24, 2.45) is 0 Å². The van der Waals surface area contributed by atoms with Crippen molar-refractivity contribution in [3.63, 3.8) is 0 Å². The summed E-state index contributed by atoms with van der Waals surface area (Å²) >= 11 is 0. The predicted octanol–water partition coefficient (Wildman–Crippen LogP) is 0.653. The molecule has 1 N–H and O–H groups in total.